The largest absolute Gasteiger partial charge is 1.00 e. The summed E-state index contributed by atoms with van der Waals surface area (Å²) < 4.78 is 7.37. The normalized spacial score (nSPS) is 23.9. The number of hydrogen-bond acceptors (Lipinski definition) is 2. The maximum atomic E-state index is 13.9. The van der Waals surface area contributed by atoms with E-state index in [4.69, 9.17) is 4.74 Å². The SMILES string of the molecule is C=Cc1ccc2c(c1)C(C(=O)NC1CC[N+](C)(CC3CCCCCCC3)CC1)c1cc(C=C)ccc1O2.[I-]. The van der Waals surface area contributed by atoms with Crippen LogP contribution in [-0.2, 0) is 4.79 Å². The van der Waals surface area contributed by atoms with Gasteiger partial charge in [0, 0.05) is 35.9 Å². The molecule has 1 saturated carbocycles. The first kappa shape index (κ1) is 28.9. The Labute approximate surface area is 246 Å². The number of fused-ring (bicyclic) bond motifs is 2. The Morgan fingerprint density at radius 1 is 0.895 bits per heavy atom. The summed E-state index contributed by atoms with van der Waals surface area (Å²) >= 11 is 0. The standard InChI is InChI=1S/C33H42N2O2.HI/c1-4-24-13-15-30-28(21-24)32(29-22-25(5-2)14-16-31(29)37-30)33(36)34-27-17-19-35(3,20-18-27)23-26-11-9-7-6-8-10-12-26;/h4-5,13-16,21-22,26-27,32H,1-2,6-12,17-20,23H2,3H3;1H. The van der Waals surface area contributed by atoms with Crippen molar-refractivity contribution in [3.63, 3.8) is 0 Å². The molecular formula is C33H43IN2O2. The molecule has 38 heavy (non-hydrogen) atoms. The van der Waals surface area contributed by atoms with Gasteiger partial charge in [-0.05, 0) is 48.2 Å². The van der Waals surface area contributed by atoms with Crippen molar-refractivity contribution in [2.45, 2.75) is 69.7 Å². The van der Waals surface area contributed by atoms with Crippen LogP contribution in [-0.4, -0.2) is 43.1 Å². The lowest BCUT2D eigenvalue weighted by Gasteiger charge is -2.43. The average molecular weight is 627 g/mol. The van der Waals surface area contributed by atoms with Gasteiger partial charge in [0.1, 0.15) is 11.5 Å². The molecule has 0 unspecified atom stereocenters. The molecule has 0 aromatic heterocycles. The molecule has 1 aliphatic carbocycles. The highest BCUT2D eigenvalue weighted by molar-refractivity contribution is 5.90. The number of ether oxygens (including phenoxy) is 1. The van der Waals surface area contributed by atoms with Crippen molar-refractivity contribution in [1.29, 1.82) is 0 Å². The van der Waals surface area contributed by atoms with Crippen LogP contribution in [0.25, 0.3) is 12.2 Å². The van der Waals surface area contributed by atoms with Gasteiger partial charge in [0.25, 0.3) is 0 Å². The van der Waals surface area contributed by atoms with Gasteiger partial charge in [-0.25, -0.2) is 0 Å². The van der Waals surface area contributed by atoms with Gasteiger partial charge >= 0.3 is 0 Å². The number of hydrogen-bond donors (Lipinski definition) is 1. The van der Waals surface area contributed by atoms with Crippen molar-refractivity contribution in [3.05, 3.63) is 71.8 Å². The number of rotatable bonds is 6. The maximum Gasteiger partial charge on any atom is 0.232 e. The van der Waals surface area contributed by atoms with E-state index < -0.39 is 5.92 Å². The van der Waals surface area contributed by atoms with E-state index in [-0.39, 0.29) is 35.9 Å². The molecule has 2 aromatic carbocycles. The number of likely N-dealkylation sites (tertiary alicyclic amines) is 1. The molecule has 2 heterocycles. The summed E-state index contributed by atoms with van der Waals surface area (Å²) in [5, 5.41) is 3.45. The fraction of sp³-hybridized carbons (Fsp3) is 0.485. The minimum atomic E-state index is -0.406. The Morgan fingerprint density at radius 2 is 1.42 bits per heavy atom. The van der Waals surface area contributed by atoms with Crippen LogP contribution in [0.4, 0.5) is 0 Å². The van der Waals surface area contributed by atoms with Crippen LogP contribution in [0.3, 0.4) is 0 Å². The van der Waals surface area contributed by atoms with E-state index in [0.717, 1.165) is 70.1 Å². The first-order valence-corrected chi connectivity index (χ1v) is 14.3. The first-order chi connectivity index (χ1) is 18.0. The Kier molecular flexibility index (Phi) is 9.74. The number of carbonyl (C=O) groups is 1. The van der Waals surface area contributed by atoms with Gasteiger partial charge in [-0.3, -0.25) is 4.79 Å². The van der Waals surface area contributed by atoms with Crippen molar-refractivity contribution in [3.8, 4) is 11.5 Å². The number of carbonyl (C=O) groups excluding carboxylic acids is 1. The van der Waals surface area contributed by atoms with Crippen molar-refractivity contribution < 1.29 is 38.0 Å². The summed E-state index contributed by atoms with van der Waals surface area (Å²) in [4.78, 5) is 13.9. The molecular weight excluding hydrogens is 583 g/mol. The number of benzene rings is 2. The van der Waals surface area contributed by atoms with E-state index in [2.05, 4.69) is 25.5 Å². The van der Waals surface area contributed by atoms with Gasteiger partial charge in [0.15, 0.2) is 0 Å². The lowest BCUT2D eigenvalue weighted by atomic mass is 9.85. The minimum Gasteiger partial charge on any atom is -1.00 e. The van der Waals surface area contributed by atoms with Gasteiger partial charge < -0.3 is 38.5 Å². The summed E-state index contributed by atoms with van der Waals surface area (Å²) in [6, 6.07) is 12.2. The van der Waals surface area contributed by atoms with Gasteiger partial charge in [-0.15, -0.1) is 0 Å². The molecule has 1 saturated heterocycles. The smallest absolute Gasteiger partial charge is 0.232 e. The van der Waals surface area contributed by atoms with Crippen LogP contribution < -0.4 is 34.0 Å². The Bertz CT molecular complexity index is 1090. The summed E-state index contributed by atoms with van der Waals surface area (Å²) in [5.74, 6) is 2.02. The van der Waals surface area contributed by atoms with E-state index in [9.17, 15) is 4.79 Å². The van der Waals surface area contributed by atoms with Gasteiger partial charge in [-0.1, -0.05) is 69.5 Å². The summed E-state index contributed by atoms with van der Waals surface area (Å²) in [7, 11) is 2.44. The lowest BCUT2D eigenvalue weighted by Crippen LogP contribution is -3.00. The molecule has 0 atom stereocenters. The molecule has 2 fully saturated rings. The predicted molar refractivity (Wildman–Crippen MR) is 153 cm³/mol. The minimum absolute atomic E-state index is 0. The zero-order valence-corrected chi connectivity index (χ0v) is 25.0. The predicted octanol–water partition coefficient (Wildman–Crippen LogP) is 4.30. The molecule has 4 nitrogen and oxygen atoms in total. The number of halogens is 1. The topological polar surface area (TPSA) is 38.3 Å². The lowest BCUT2D eigenvalue weighted by molar-refractivity contribution is -0.917. The number of piperidine rings is 1. The quantitative estimate of drug-likeness (QED) is 0.384. The molecule has 0 spiro atoms. The highest BCUT2D eigenvalue weighted by Gasteiger charge is 2.37. The zero-order valence-electron chi connectivity index (χ0n) is 22.9. The van der Waals surface area contributed by atoms with Gasteiger partial charge in [0.2, 0.25) is 5.91 Å². The van der Waals surface area contributed by atoms with Crippen LogP contribution in [0.2, 0.25) is 0 Å². The summed E-state index contributed by atoms with van der Waals surface area (Å²) in [6.45, 7) is 11.4. The number of nitrogens with one attached hydrogen (secondary N) is 1. The van der Waals surface area contributed by atoms with Crippen molar-refractivity contribution in [1.82, 2.24) is 5.32 Å². The Morgan fingerprint density at radius 3 is 1.95 bits per heavy atom. The molecule has 2 aliphatic heterocycles. The molecule has 1 amide bonds. The fourth-order valence-electron chi connectivity index (χ4n) is 6.74. The second-order valence-corrected chi connectivity index (χ2v) is 11.8. The van der Waals surface area contributed by atoms with Crippen molar-refractivity contribution >= 4 is 18.1 Å². The number of amides is 1. The molecule has 0 bridgehead atoms. The monoisotopic (exact) mass is 626 g/mol. The third-order valence-electron chi connectivity index (χ3n) is 8.95. The van der Waals surface area contributed by atoms with E-state index in [1.807, 2.05) is 48.6 Å². The van der Waals surface area contributed by atoms with Crippen LogP contribution in [0.15, 0.2) is 49.6 Å². The molecule has 0 radical (unpaired) electrons. The van der Waals surface area contributed by atoms with Crippen LogP contribution in [0, 0.1) is 5.92 Å². The van der Waals surface area contributed by atoms with Crippen molar-refractivity contribution in [2.75, 3.05) is 26.7 Å². The van der Waals surface area contributed by atoms with Gasteiger partial charge in [-0.2, -0.15) is 0 Å². The highest BCUT2D eigenvalue weighted by Crippen LogP contribution is 2.45. The zero-order chi connectivity index (χ0) is 25.8. The highest BCUT2D eigenvalue weighted by atomic mass is 127. The third kappa shape index (κ3) is 6.53. The molecule has 5 rings (SSSR count). The van der Waals surface area contributed by atoms with E-state index >= 15 is 0 Å². The molecule has 204 valence electrons. The Balaban J connectivity index is 0.00000336. The van der Waals surface area contributed by atoms with Gasteiger partial charge in [0.05, 0.1) is 32.6 Å². The Hall–Kier alpha value is -2.12. The molecule has 1 N–H and O–H groups in total. The second-order valence-electron chi connectivity index (χ2n) is 11.8. The number of quaternary nitrogens is 1. The first-order valence-electron chi connectivity index (χ1n) is 14.3. The second kappa shape index (κ2) is 12.8. The summed E-state index contributed by atoms with van der Waals surface area (Å²) in [5.41, 5.74) is 3.79. The van der Waals surface area contributed by atoms with Crippen LogP contribution in [0.1, 0.15) is 86.0 Å². The number of nitrogens with zero attached hydrogens (tertiary/aromatic N) is 1. The average Bonchev–Trinajstić information content (AvgIpc) is 2.89. The van der Waals surface area contributed by atoms with Crippen LogP contribution >= 0.6 is 0 Å². The third-order valence-corrected chi connectivity index (χ3v) is 8.95. The fourth-order valence-corrected chi connectivity index (χ4v) is 6.74. The maximum absolute atomic E-state index is 13.9. The van der Waals surface area contributed by atoms with E-state index in [1.54, 1.807) is 0 Å². The molecule has 2 aromatic rings. The molecule has 5 heteroatoms. The summed E-state index contributed by atoms with van der Waals surface area (Å²) in [6.07, 6.45) is 15.6. The van der Waals surface area contributed by atoms with E-state index in [1.165, 1.54) is 51.5 Å². The van der Waals surface area contributed by atoms with E-state index in [0.29, 0.717) is 0 Å². The van der Waals surface area contributed by atoms with Crippen LogP contribution in [0.5, 0.6) is 11.5 Å². The van der Waals surface area contributed by atoms with Crippen molar-refractivity contribution in [2.24, 2.45) is 5.92 Å². The molecule has 3 aliphatic rings.